The number of benzene rings is 1. The zero-order valence-electron chi connectivity index (χ0n) is 17.7. The molecule has 8 heteroatoms. The number of anilines is 2. The molecule has 1 aromatic carbocycles. The van der Waals surface area contributed by atoms with Crippen molar-refractivity contribution in [2.24, 2.45) is 5.41 Å². The largest absolute Gasteiger partial charge is 0.356 e. The molecule has 1 spiro atoms. The van der Waals surface area contributed by atoms with E-state index in [-0.39, 0.29) is 16.3 Å². The predicted molar refractivity (Wildman–Crippen MR) is 120 cm³/mol. The van der Waals surface area contributed by atoms with Crippen molar-refractivity contribution >= 4 is 27.4 Å². The summed E-state index contributed by atoms with van der Waals surface area (Å²) in [6.45, 7) is 3.72. The van der Waals surface area contributed by atoms with Gasteiger partial charge in [0, 0.05) is 30.5 Å². The molecule has 2 heterocycles. The molecule has 3 fully saturated rings. The van der Waals surface area contributed by atoms with E-state index >= 15 is 0 Å². The highest BCUT2D eigenvalue weighted by atomic mass is 32.2. The number of pyridine rings is 1. The van der Waals surface area contributed by atoms with Gasteiger partial charge in [0.15, 0.2) is 0 Å². The maximum absolute atomic E-state index is 13.1. The molecule has 1 aromatic heterocycles. The van der Waals surface area contributed by atoms with E-state index in [4.69, 9.17) is 0 Å². The van der Waals surface area contributed by atoms with Crippen LogP contribution in [0.4, 0.5) is 11.5 Å². The molecule has 3 aliphatic rings. The SMILES string of the molecule is CC1(NS(=O)(=O)c2cccc(NC(=O)c3cccnc3N3CCC4(CC3)CC4)c2)CC1. The fourth-order valence-electron chi connectivity index (χ4n) is 4.31. The second-order valence-electron chi connectivity index (χ2n) is 9.51. The van der Waals surface area contributed by atoms with Gasteiger partial charge in [-0.3, -0.25) is 4.79 Å². The Morgan fingerprint density at radius 2 is 1.77 bits per heavy atom. The molecule has 2 N–H and O–H groups in total. The van der Waals surface area contributed by atoms with Crippen LogP contribution in [0, 0.1) is 5.41 Å². The van der Waals surface area contributed by atoms with Crippen molar-refractivity contribution in [2.75, 3.05) is 23.3 Å². The molecule has 0 unspecified atom stereocenters. The first-order valence-electron chi connectivity index (χ1n) is 10.9. The van der Waals surface area contributed by atoms with Crippen LogP contribution in [0.3, 0.4) is 0 Å². The summed E-state index contributed by atoms with van der Waals surface area (Å²) in [6.07, 6.45) is 8.33. The topological polar surface area (TPSA) is 91.4 Å². The van der Waals surface area contributed by atoms with Crippen molar-refractivity contribution in [1.82, 2.24) is 9.71 Å². The molecule has 0 bridgehead atoms. The van der Waals surface area contributed by atoms with Crippen molar-refractivity contribution in [3.05, 3.63) is 48.2 Å². The van der Waals surface area contributed by atoms with Crippen LogP contribution in [-0.4, -0.2) is 37.9 Å². The first-order valence-corrected chi connectivity index (χ1v) is 12.4. The third-order valence-electron chi connectivity index (χ3n) is 6.90. The molecule has 5 rings (SSSR count). The Bertz CT molecular complexity index is 1110. The number of carbonyl (C=O) groups is 1. The summed E-state index contributed by atoms with van der Waals surface area (Å²) in [5.41, 5.74) is 1.15. The maximum atomic E-state index is 13.1. The number of hydrogen-bond acceptors (Lipinski definition) is 5. The molecule has 7 nitrogen and oxygen atoms in total. The molecule has 2 aromatic rings. The van der Waals surface area contributed by atoms with E-state index in [1.807, 2.05) is 6.92 Å². The highest BCUT2D eigenvalue weighted by Gasteiger charge is 2.45. The Hall–Kier alpha value is -2.45. The van der Waals surface area contributed by atoms with Crippen molar-refractivity contribution in [3.63, 3.8) is 0 Å². The van der Waals surface area contributed by atoms with Gasteiger partial charge in [-0.2, -0.15) is 0 Å². The van der Waals surface area contributed by atoms with Gasteiger partial charge in [0.25, 0.3) is 5.91 Å². The van der Waals surface area contributed by atoms with Crippen molar-refractivity contribution in [2.45, 2.75) is 55.9 Å². The lowest BCUT2D eigenvalue weighted by Crippen LogP contribution is -2.36. The summed E-state index contributed by atoms with van der Waals surface area (Å²) in [4.78, 5) is 19.9. The number of hydrogen-bond donors (Lipinski definition) is 2. The third kappa shape index (κ3) is 4.32. The predicted octanol–water partition coefficient (Wildman–Crippen LogP) is 3.55. The molecule has 164 valence electrons. The average Bonchev–Trinajstić information content (AvgIpc) is 3.68. The number of aromatic nitrogens is 1. The smallest absolute Gasteiger partial charge is 0.259 e. The van der Waals surface area contributed by atoms with E-state index in [0.29, 0.717) is 22.5 Å². The molecule has 2 saturated carbocycles. The fourth-order valence-corrected chi connectivity index (χ4v) is 5.82. The second-order valence-corrected chi connectivity index (χ2v) is 11.2. The minimum atomic E-state index is -3.63. The number of carbonyl (C=O) groups excluding carboxylic acids is 1. The van der Waals surface area contributed by atoms with Crippen LogP contribution in [0.1, 0.15) is 55.8 Å². The summed E-state index contributed by atoms with van der Waals surface area (Å²) in [6, 6.07) is 9.91. The number of nitrogens with one attached hydrogen (secondary N) is 2. The highest BCUT2D eigenvalue weighted by molar-refractivity contribution is 7.89. The van der Waals surface area contributed by atoms with E-state index in [1.165, 1.54) is 18.9 Å². The van der Waals surface area contributed by atoms with Gasteiger partial charge < -0.3 is 10.2 Å². The van der Waals surface area contributed by atoms with E-state index in [9.17, 15) is 13.2 Å². The van der Waals surface area contributed by atoms with Gasteiger partial charge in [-0.1, -0.05) is 6.07 Å². The zero-order valence-corrected chi connectivity index (χ0v) is 18.5. The van der Waals surface area contributed by atoms with Crippen LogP contribution < -0.4 is 14.9 Å². The first-order chi connectivity index (χ1) is 14.8. The quantitative estimate of drug-likeness (QED) is 0.717. The lowest BCUT2D eigenvalue weighted by atomic mass is 9.93. The average molecular weight is 441 g/mol. The maximum Gasteiger partial charge on any atom is 0.259 e. The van der Waals surface area contributed by atoms with E-state index in [1.54, 1.807) is 36.5 Å². The second kappa shape index (κ2) is 7.31. The summed E-state index contributed by atoms with van der Waals surface area (Å²) in [7, 11) is -3.63. The van der Waals surface area contributed by atoms with Crippen LogP contribution in [-0.2, 0) is 10.0 Å². The van der Waals surface area contributed by atoms with Crippen LogP contribution in [0.25, 0.3) is 0 Å². The monoisotopic (exact) mass is 440 g/mol. The van der Waals surface area contributed by atoms with Crippen LogP contribution >= 0.6 is 0 Å². The Labute approximate surface area is 183 Å². The van der Waals surface area contributed by atoms with E-state index in [2.05, 4.69) is 19.9 Å². The number of amides is 1. The molecular formula is C23H28N4O3S. The summed E-state index contributed by atoms with van der Waals surface area (Å²) in [5, 5.41) is 2.86. The van der Waals surface area contributed by atoms with Crippen LogP contribution in [0.15, 0.2) is 47.5 Å². The normalized spacial score (nSPS) is 21.0. The highest BCUT2D eigenvalue weighted by Crippen LogP contribution is 2.53. The lowest BCUT2D eigenvalue weighted by molar-refractivity contribution is 0.102. The Balaban J connectivity index is 1.33. The number of rotatable bonds is 6. The molecule has 2 aliphatic carbocycles. The van der Waals surface area contributed by atoms with E-state index < -0.39 is 10.0 Å². The molecule has 1 amide bonds. The summed E-state index contributed by atoms with van der Waals surface area (Å²) >= 11 is 0. The van der Waals surface area contributed by atoms with Gasteiger partial charge in [-0.15, -0.1) is 0 Å². The Morgan fingerprint density at radius 1 is 1.03 bits per heavy atom. The Morgan fingerprint density at radius 3 is 2.45 bits per heavy atom. The lowest BCUT2D eigenvalue weighted by Gasteiger charge is -2.33. The van der Waals surface area contributed by atoms with Crippen molar-refractivity contribution in [3.8, 4) is 0 Å². The molecular weight excluding hydrogens is 412 g/mol. The minimum Gasteiger partial charge on any atom is -0.356 e. The Kier molecular flexibility index (Phi) is 4.82. The van der Waals surface area contributed by atoms with Crippen molar-refractivity contribution in [1.29, 1.82) is 0 Å². The van der Waals surface area contributed by atoms with Gasteiger partial charge in [-0.05, 0) is 81.2 Å². The van der Waals surface area contributed by atoms with Gasteiger partial charge in [0.2, 0.25) is 10.0 Å². The zero-order chi connectivity index (χ0) is 21.7. The van der Waals surface area contributed by atoms with Gasteiger partial charge in [-0.25, -0.2) is 18.1 Å². The number of piperidine rings is 1. The van der Waals surface area contributed by atoms with Gasteiger partial charge in [0.05, 0.1) is 10.5 Å². The summed E-state index contributed by atoms with van der Waals surface area (Å²) in [5.74, 6) is 0.411. The number of sulfonamides is 1. The molecule has 1 aliphatic heterocycles. The van der Waals surface area contributed by atoms with Crippen LogP contribution in [0.5, 0.6) is 0 Å². The molecule has 31 heavy (non-hydrogen) atoms. The first kappa shape index (κ1) is 20.5. The fraction of sp³-hybridized carbons (Fsp3) is 0.478. The minimum absolute atomic E-state index is 0.149. The van der Waals surface area contributed by atoms with Gasteiger partial charge >= 0.3 is 0 Å². The molecule has 0 atom stereocenters. The summed E-state index contributed by atoms with van der Waals surface area (Å²) < 4.78 is 28.1. The number of nitrogens with zero attached hydrogens (tertiary/aromatic N) is 2. The third-order valence-corrected chi connectivity index (χ3v) is 8.53. The van der Waals surface area contributed by atoms with E-state index in [0.717, 1.165) is 38.8 Å². The van der Waals surface area contributed by atoms with Crippen molar-refractivity contribution < 1.29 is 13.2 Å². The van der Waals surface area contributed by atoms with Gasteiger partial charge in [0.1, 0.15) is 5.82 Å². The van der Waals surface area contributed by atoms with Crippen LogP contribution in [0.2, 0.25) is 0 Å². The standard InChI is InChI=1S/C23H28N4O3S/c1-22(7-8-22)26-31(29,30)18-5-2-4-17(16-18)25-21(28)19-6-3-13-24-20(19)27-14-11-23(9-10-23)12-15-27/h2-6,13,16,26H,7-12,14-15H2,1H3,(H,25,28). The molecule has 1 saturated heterocycles. The molecule has 0 radical (unpaired) electrons.